The van der Waals surface area contributed by atoms with Gasteiger partial charge in [-0.25, -0.2) is 9.78 Å². The summed E-state index contributed by atoms with van der Waals surface area (Å²) in [6, 6.07) is 10.1. The van der Waals surface area contributed by atoms with Crippen LogP contribution in [0, 0.1) is 11.3 Å². The lowest BCUT2D eigenvalue weighted by molar-refractivity contribution is -0.112. The largest absolute Gasteiger partial charge is 0.462 e. The number of hydrogen-bond donors (Lipinski definition) is 1. The number of thiazole rings is 1. The van der Waals surface area contributed by atoms with E-state index in [1.807, 2.05) is 22.9 Å². The Bertz CT molecular complexity index is 1050. The molecule has 1 amide bonds. The lowest BCUT2D eigenvalue weighted by Crippen LogP contribution is -2.13. The Morgan fingerprint density at radius 2 is 2.04 bits per heavy atom. The highest BCUT2D eigenvalue weighted by Crippen LogP contribution is 2.26. The highest BCUT2D eigenvalue weighted by Gasteiger charge is 2.12. The number of esters is 1. The van der Waals surface area contributed by atoms with Crippen LogP contribution < -0.4 is 5.32 Å². The number of nitrogens with one attached hydrogen (secondary N) is 1. The number of rotatable bonds is 6. The number of nitrogens with zero attached hydrogens (tertiary/aromatic N) is 2. The molecule has 2 aromatic heterocycles. The molecule has 0 fully saturated rings. The summed E-state index contributed by atoms with van der Waals surface area (Å²) in [5.74, 6) is -0.973. The molecule has 0 aliphatic carbocycles. The first-order valence-electron chi connectivity index (χ1n) is 8.29. The van der Waals surface area contributed by atoms with E-state index >= 15 is 0 Å². The SMILES string of the molecule is CCOC(=O)c1ccc(NC(=O)C(C#N)=Cc2csc(-c3ccsc3)n2)cc1. The van der Waals surface area contributed by atoms with Crippen molar-refractivity contribution in [3.05, 3.63) is 63.3 Å². The number of thiophene rings is 1. The standard InChI is InChI=1S/C20H15N3O3S2/c1-2-26-20(25)13-3-5-16(6-4-13)22-18(24)15(10-21)9-17-12-28-19(23-17)14-7-8-27-11-14/h3-9,11-12H,2H2,1H3,(H,22,24). The van der Waals surface area contributed by atoms with Gasteiger partial charge in [0.2, 0.25) is 0 Å². The molecule has 0 radical (unpaired) electrons. The predicted molar refractivity (Wildman–Crippen MR) is 110 cm³/mol. The molecule has 28 heavy (non-hydrogen) atoms. The second kappa shape index (κ2) is 9.08. The van der Waals surface area contributed by atoms with Gasteiger partial charge in [-0.1, -0.05) is 0 Å². The first kappa shape index (κ1) is 19.5. The summed E-state index contributed by atoms with van der Waals surface area (Å²) in [6.07, 6.45) is 1.45. The van der Waals surface area contributed by atoms with E-state index in [0.717, 1.165) is 10.6 Å². The lowest BCUT2D eigenvalue weighted by Gasteiger charge is -2.05. The van der Waals surface area contributed by atoms with Crippen molar-refractivity contribution >= 4 is 46.3 Å². The molecule has 0 bridgehead atoms. The van der Waals surface area contributed by atoms with Gasteiger partial charge in [0.1, 0.15) is 16.6 Å². The van der Waals surface area contributed by atoms with E-state index < -0.39 is 11.9 Å². The van der Waals surface area contributed by atoms with Crippen LogP contribution in [-0.2, 0) is 9.53 Å². The van der Waals surface area contributed by atoms with Crippen LogP contribution in [0.25, 0.3) is 16.6 Å². The maximum Gasteiger partial charge on any atom is 0.338 e. The summed E-state index contributed by atoms with van der Waals surface area (Å²) >= 11 is 3.03. The summed E-state index contributed by atoms with van der Waals surface area (Å²) in [4.78, 5) is 28.5. The Hall–Kier alpha value is -3.28. The minimum absolute atomic E-state index is 0.0587. The number of carbonyl (C=O) groups is 2. The third-order valence-electron chi connectivity index (χ3n) is 3.60. The smallest absolute Gasteiger partial charge is 0.338 e. The average molecular weight is 409 g/mol. The fraction of sp³-hybridized carbons (Fsp3) is 0.100. The third kappa shape index (κ3) is 4.71. The highest BCUT2D eigenvalue weighted by atomic mass is 32.1. The lowest BCUT2D eigenvalue weighted by atomic mass is 10.2. The van der Waals surface area contributed by atoms with E-state index in [0.29, 0.717) is 23.6 Å². The molecule has 3 aromatic rings. The van der Waals surface area contributed by atoms with Gasteiger partial charge in [0.05, 0.1) is 17.9 Å². The Labute approximate surface area is 169 Å². The van der Waals surface area contributed by atoms with Crippen LogP contribution in [0.2, 0.25) is 0 Å². The van der Waals surface area contributed by atoms with Gasteiger partial charge in [0.25, 0.3) is 5.91 Å². The first-order valence-corrected chi connectivity index (χ1v) is 10.1. The van der Waals surface area contributed by atoms with E-state index in [9.17, 15) is 14.9 Å². The van der Waals surface area contributed by atoms with Crippen molar-refractivity contribution in [2.45, 2.75) is 6.92 Å². The topological polar surface area (TPSA) is 92.1 Å². The maximum atomic E-state index is 12.4. The van der Waals surface area contributed by atoms with Crippen molar-refractivity contribution in [2.24, 2.45) is 0 Å². The van der Waals surface area contributed by atoms with Gasteiger partial charge in [-0.15, -0.1) is 11.3 Å². The molecule has 0 saturated heterocycles. The van der Waals surface area contributed by atoms with Crippen molar-refractivity contribution in [3.63, 3.8) is 0 Å². The zero-order valence-corrected chi connectivity index (χ0v) is 16.5. The Morgan fingerprint density at radius 1 is 1.25 bits per heavy atom. The van der Waals surface area contributed by atoms with E-state index in [4.69, 9.17) is 4.74 Å². The van der Waals surface area contributed by atoms with Crippen LogP contribution in [0.5, 0.6) is 0 Å². The van der Waals surface area contributed by atoms with E-state index in [-0.39, 0.29) is 5.57 Å². The fourth-order valence-electron chi connectivity index (χ4n) is 2.27. The van der Waals surface area contributed by atoms with Crippen LogP contribution in [0.4, 0.5) is 5.69 Å². The van der Waals surface area contributed by atoms with Crippen molar-refractivity contribution < 1.29 is 14.3 Å². The molecule has 140 valence electrons. The predicted octanol–water partition coefficient (Wildman–Crippen LogP) is 4.59. The molecule has 0 atom stereocenters. The minimum Gasteiger partial charge on any atom is -0.462 e. The second-order valence-corrected chi connectivity index (χ2v) is 7.15. The van der Waals surface area contributed by atoms with Crippen molar-refractivity contribution in [1.29, 1.82) is 5.26 Å². The fourth-order valence-corrected chi connectivity index (χ4v) is 3.76. The number of carbonyl (C=O) groups excluding carboxylic acids is 2. The summed E-state index contributed by atoms with van der Waals surface area (Å²) in [5, 5.41) is 18.6. The van der Waals surface area contributed by atoms with Crippen LogP contribution in [0.15, 0.2) is 52.0 Å². The summed E-state index contributed by atoms with van der Waals surface area (Å²) in [5.41, 5.74) is 2.36. The summed E-state index contributed by atoms with van der Waals surface area (Å²) < 4.78 is 4.92. The highest BCUT2D eigenvalue weighted by molar-refractivity contribution is 7.14. The number of benzene rings is 1. The monoisotopic (exact) mass is 409 g/mol. The van der Waals surface area contributed by atoms with Gasteiger partial charge in [0, 0.05) is 22.0 Å². The van der Waals surface area contributed by atoms with Crippen LogP contribution in [0.1, 0.15) is 23.0 Å². The first-order chi connectivity index (χ1) is 13.6. The number of amides is 1. The molecule has 1 N–H and O–H groups in total. The molecule has 1 aromatic carbocycles. The normalized spacial score (nSPS) is 10.9. The Balaban J connectivity index is 1.71. The average Bonchev–Trinajstić information content (AvgIpc) is 3.38. The van der Waals surface area contributed by atoms with Crippen LogP contribution >= 0.6 is 22.7 Å². The molecule has 0 aliphatic rings. The van der Waals surface area contributed by atoms with Gasteiger partial charge in [-0.05, 0) is 48.7 Å². The van der Waals surface area contributed by atoms with Crippen molar-refractivity contribution in [3.8, 4) is 16.6 Å². The second-order valence-electron chi connectivity index (χ2n) is 5.51. The maximum absolute atomic E-state index is 12.4. The van der Waals surface area contributed by atoms with E-state index in [1.165, 1.54) is 17.4 Å². The molecule has 6 nitrogen and oxygen atoms in total. The molecule has 0 saturated carbocycles. The third-order valence-corrected chi connectivity index (χ3v) is 5.19. The molecule has 0 unspecified atom stereocenters. The molecule has 0 aliphatic heterocycles. The van der Waals surface area contributed by atoms with Gasteiger partial charge < -0.3 is 10.1 Å². The molecule has 3 rings (SSSR count). The molecular weight excluding hydrogens is 394 g/mol. The molecule has 0 spiro atoms. The van der Waals surface area contributed by atoms with E-state index in [1.54, 1.807) is 47.9 Å². The van der Waals surface area contributed by atoms with Gasteiger partial charge in [-0.3, -0.25) is 4.79 Å². The zero-order chi connectivity index (χ0) is 19.9. The van der Waals surface area contributed by atoms with Crippen LogP contribution in [-0.4, -0.2) is 23.5 Å². The van der Waals surface area contributed by atoms with Gasteiger partial charge in [-0.2, -0.15) is 16.6 Å². The molecule has 8 heteroatoms. The summed E-state index contributed by atoms with van der Waals surface area (Å²) in [6.45, 7) is 2.02. The number of ether oxygens (including phenoxy) is 1. The Kier molecular flexibility index (Phi) is 6.32. The number of aromatic nitrogens is 1. The number of nitriles is 1. The summed E-state index contributed by atoms with van der Waals surface area (Å²) in [7, 11) is 0. The molecular formula is C20H15N3O3S2. The molecule has 2 heterocycles. The zero-order valence-electron chi connectivity index (χ0n) is 14.8. The van der Waals surface area contributed by atoms with Crippen molar-refractivity contribution in [2.75, 3.05) is 11.9 Å². The van der Waals surface area contributed by atoms with E-state index in [2.05, 4.69) is 10.3 Å². The quantitative estimate of drug-likeness (QED) is 0.365. The van der Waals surface area contributed by atoms with Gasteiger partial charge in [0.15, 0.2) is 0 Å². The number of hydrogen-bond acceptors (Lipinski definition) is 7. The minimum atomic E-state index is -0.545. The van der Waals surface area contributed by atoms with Crippen LogP contribution in [0.3, 0.4) is 0 Å². The number of anilines is 1. The van der Waals surface area contributed by atoms with Gasteiger partial charge >= 0.3 is 5.97 Å². The van der Waals surface area contributed by atoms with Crippen molar-refractivity contribution in [1.82, 2.24) is 4.98 Å². The Morgan fingerprint density at radius 3 is 2.68 bits per heavy atom.